The number of nitrogens with one attached hydrogen (secondary N) is 1. The molecule has 1 N–H and O–H groups in total. The maximum Gasteiger partial charge on any atom is 0.0575 e. The van der Waals surface area contributed by atoms with Crippen molar-refractivity contribution in [1.29, 1.82) is 0 Å². The molecular formula is C17H27NO. The van der Waals surface area contributed by atoms with Crippen LogP contribution in [-0.4, -0.2) is 25.8 Å². The third-order valence-electron chi connectivity index (χ3n) is 4.12. The first-order valence-corrected chi connectivity index (χ1v) is 7.57. The maximum absolute atomic E-state index is 5.83. The molecule has 0 bridgehead atoms. The zero-order valence-corrected chi connectivity index (χ0v) is 12.5. The van der Waals surface area contributed by atoms with E-state index in [4.69, 9.17) is 4.74 Å². The molecule has 0 saturated heterocycles. The highest BCUT2D eigenvalue weighted by atomic mass is 16.5. The van der Waals surface area contributed by atoms with Gasteiger partial charge in [0.2, 0.25) is 0 Å². The van der Waals surface area contributed by atoms with Gasteiger partial charge in [-0.3, -0.25) is 0 Å². The second-order valence-corrected chi connectivity index (χ2v) is 5.96. The van der Waals surface area contributed by atoms with Crippen molar-refractivity contribution in [3.05, 3.63) is 35.4 Å². The zero-order valence-electron chi connectivity index (χ0n) is 12.5. The summed E-state index contributed by atoms with van der Waals surface area (Å²) in [7, 11) is 0. The smallest absolute Gasteiger partial charge is 0.0575 e. The summed E-state index contributed by atoms with van der Waals surface area (Å²) in [6, 6.07) is 9.43. The molecule has 0 aromatic heterocycles. The molecule has 1 aromatic rings. The summed E-state index contributed by atoms with van der Waals surface area (Å²) in [4.78, 5) is 0. The largest absolute Gasteiger partial charge is 0.381 e. The minimum atomic E-state index is 0.162. The normalized spacial score (nSPS) is 22.5. The second-order valence-electron chi connectivity index (χ2n) is 5.96. The van der Waals surface area contributed by atoms with Crippen LogP contribution in [0.3, 0.4) is 0 Å². The molecule has 2 rings (SSSR count). The Morgan fingerprint density at radius 2 is 2.11 bits per heavy atom. The lowest BCUT2D eigenvalue weighted by atomic mass is 9.70. The first-order valence-electron chi connectivity index (χ1n) is 7.57. The van der Waals surface area contributed by atoms with Gasteiger partial charge in [0.15, 0.2) is 0 Å². The fourth-order valence-electron chi connectivity index (χ4n) is 3.09. The highest BCUT2D eigenvalue weighted by Crippen LogP contribution is 2.37. The number of hydrogen-bond donors (Lipinski definition) is 1. The Bertz CT molecular complexity index is 402. The van der Waals surface area contributed by atoms with Gasteiger partial charge in [0.05, 0.1) is 6.61 Å². The van der Waals surface area contributed by atoms with Crippen LogP contribution in [0.5, 0.6) is 0 Å². The van der Waals surface area contributed by atoms with E-state index < -0.39 is 0 Å². The monoisotopic (exact) mass is 261 g/mol. The molecule has 0 radical (unpaired) electrons. The molecule has 0 saturated carbocycles. The molecule has 1 aliphatic carbocycles. The summed E-state index contributed by atoms with van der Waals surface area (Å²) in [5, 5.41) is 3.63. The lowest BCUT2D eigenvalue weighted by Crippen LogP contribution is -2.46. The number of fused-ring (bicyclic) bond motifs is 1. The van der Waals surface area contributed by atoms with Gasteiger partial charge in [-0.2, -0.15) is 0 Å². The van der Waals surface area contributed by atoms with Crippen molar-refractivity contribution in [2.75, 3.05) is 19.8 Å². The predicted octanol–water partition coefficient (Wildman–Crippen LogP) is 3.30. The second kappa shape index (κ2) is 6.53. The highest BCUT2D eigenvalue weighted by molar-refractivity contribution is 5.37. The van der Waals surface area contributed by atoms with Crippen LogP contribution in [0, 0.1) is 0 Å². The van der Waals surface area contributed by atoms with Crippen LogP contribution in [0.4, 0.5) is 0 Å². The Labute approximate surface area is 117 Å². The topological polar surface area (TPSA) is 21.3 Å². The number of ether oxygens (including phenoxy) is 1. The van der Waals surface area contributed by atoms with Gasteiger partial charge < -0.3 is 10.1 Å². The molecule has 0 amide bonds. The molecule has 2 nitrogen and oxygen atoms in total. The lowest BCUT2D eigenvalue weighted by molar-refractivity contribution is 0.0811. The molecular weight excluding hydrogens is 234 g/mol. The van der Waals surface area contributed by atoms with E-state index in [0.29, 0.717) is 6.04 Å². The van der Waals surface area contributed by atoms with Crippen LogP contribution in [0.25, 0.3) is 0 Å². The van der Waals surface area contributed by atoms with Gasteiger partial charge in [-0.25, -0.2) is 0 Å². The van der Waals surface area contributed by atoms with Crippen LogP contribution in [0.1, 0.15) is 44.7 Å². The maximum atomic E-state index is 5.83. The van der Waals surface area contributed by atoms with Crippen LogP contribution in [-0.2, 0) is 16.6 Å². The average Bonchev–Trinajstić information content (AvgIpc) is 2.43. The Kier molecular flexibility index (Phi) is 5.00. The van der Waals surface area contributed by atoms with Crippen molar-refractivity contribution in [2.45, 2.75) is 51.5 Å². The van der Waals surface area contributed by atoms with Crippen LogP contribution in [0.15, 0.2) is 24.3 Å². The van der Waals surface area contributed by atoms with Gasteiger partial charge in [0.25, 0.3) is 0 Å². The molecule has 19 heavy (non-hydrogen) atoms. The summed E-state index contributed by atoms with van der Waals surface area (Å²) < 4.78 is 5.83. The fraction of sp³-hybridized carbons (Fsp3) is 0.647. The van der Waals surface area contributed by atoms with E-state index in [9.17, 15) is 0 Å². The van der Waals surface area contributed by atoms with E-state index >= 15 is 0 Å². The molecule has 0 aliphatic heterocycles. The average molecular weight is 261 g/mol. The third-order valence-corrected chi connectivity index (χ3v) is 4.12. The molecule has 1 aromatic carbocycles. The van der Waals surface area contributed by atoms with E-state index in [1.54, 1.807) is 0 Å². The summed E-state index contributed by atoms with van der Waals surface area (Å²) in [5.41, 5.74) is 3.18. The van der Waals surface area contributed by atoms with E-state index in [-0.39, 0.29) is 5.41 Å². The summed E-state index contributed by atoms with van der Waals surface area (Å²) in [6.07, 6.45) is 3.71. The van der Waals surface area contributed by atoms with Crippen molar-refractivity contribution in [2.24, 2.45) is 0 Å². The number of rotatable bonds is 6. The first-order chi connectivity index (χ1) is 9.18. The zero-order chi connectivity index (χ0) is 13.7. The van der Waals surface area contributed by atoms with Gasteiger partial charge in [-0.15, -0.1) is 0 Å². The van der Waals surface area contributed by atoms with E-state index in [1.165, 1.54) is 30.4 Å². The van der Waals surface area contributed by atoms with Crippen molar-refractivity contribution >= 4 is 0 Å². The quantitative estimate of drug-likeness (QED) is 0.848. The Balaban J connectivity index is 2.27. The third kappa shape index (κ3) is 3.37. The highest BCUT2D eigenvalue weighted by Gasteiger charge is 2.36. The molecule has 0 fully saturated rings. The Morgan fingerprint density at radius 1 is 1.32 bits per heavy atom. The van der Waals surface area contributed by atoms with Crippen molar-refractivity contribution in [3.8, 4) is 0 Å². The molecule has 1 aliphatic rings. The van der Waals surface area contributed by atoms with E-state index in [1.807, 2.05) is 0 Å². The summed E-state index contributed by atoms with van der Waals surface area (Å²) >= 11 is 0. The molecule has 1 unspecified atom stereocenters. The molecule has 2 heteroatoms. The minimum absolute atomic E-state index is 0.162. The summed E-state index contributed by atoms with van der Waals surface area (Å²) in [6.45, 7) is 9.15. The minimum Gasteiger partial charge on any atom is -0.381 e. The molecule has 1 atom stereocenters. The standard InChI is InChI=1S/C17H27NO/c1-4-19-13-17(12-18-14(2)3)11-7-9-15-8-5-6-10-16(15)17/h5-6,8,10,14,18H,4,7,9,11-13H2,1-3H3. The van der Waals surface area contributed by atoms with Gasteiger partial charge >= 0.3 is 0 Å². The lowest BCUT2D eigenvalue weighted by Gasteiger charge is -2.39. The predicted molar refractivity (Wildman–Crippen MR) is 80.7 cm³/mol. The number of aryl methyl sites for hydroxylation is 1. The first kappa shape index (κ1) is 14.5. The van der Waals surface area contributed by atoms with Crippen LogP contribution < -0.4 is 5.32 Å². The van der Waals surface area contributed by atoms with E-state index in [2.05, 4.69) is 50.4 Å². The van der Waals surface area contributed by atoms with Gasteiger partial charge in [-0.05, 0) is 37.3 Å². The number of benzene rings is 1. The Hall–Kier alpha value is -0.860. The Morgan fingerprint density at radius 3 is 2.84 bits per heavy atom. The van der Waals surface area contributed by atoms with Crippen LogP contribution >= 0.6 is 0 Å². The fourth-order valence-corrected chi connectivity index (χ4v) is 3.09. The van der Waals surface area contributed by atoms with Gasteiger partial charge in [0.1, 0.15) is 0 Å². The molecule has 0 spiro atoms. The number of hydrogen-bond acceptors (Lipinski definition) is 2. The van der Waals surface area contributed by atoms with Crippen LogP contribution in [0.2, 0.25) is 0 Å². The van der Waals surface area contributed by atoms with Crippen molar-refractivity contribution < 1.29 is 4.74 Å². The SMILES string of the molecule is CCOCC1(CNC(C)C)CCCc2ccccc21. The van der Waals surface area contributed by atoms with Gasteiger partial charge in [0, 0.05) is 24.6 Å². The van der Waals surface area contributed by atoms with E-state index in [0.717, 1.165) is 19.8 Å². The van der Waals surface area contributed by atoms with Crippen molar-refractivity contribution in [1.82, 2.24) is 5.32 Å². The van der Waals surface area contributed by atoms with Gasteiger partial charge in [-0.1, -0.05) is 38.1 Å². The molecule has 0 heterocycles. The molecule has 106 valence electrons. The summed E-state index contributed by atoms with van der Waals surface area (Å²) in [5.74, 6) is 0. The van der Waals surface area contributed by atoms with Crippen molar-refractivity contribution in [3.63, 3.8) is 0 Å².